The minimum absolute atomic E-state index is 0.303. The molecule has 1 fully saturated rings. The Labute approximate surface area is 196 Å². The summed E-state index contributed by atoms with van der Waals surface area (Å²) in [5, 5.41) is 6.37. The molecule has 164 valence electrons. The lowest BCUT2D eigenvalue weighted by molar-refractivity contribution is 0.102. The molecule has 1 aliphatic rings. The van der Waals surface area contributed by atoms with Gasteiger partial charge in [0.2, 0.25) is 0 Å². The maximum Gasteiger partial charge on any atom is 0.257 e. The zero-order chi connectivity index (χ0) is 22.5. The van der Waals surface area contributed by atoms with E-state index < -0.39 is 0 Å². The Bertz CT molecular complexity index is 1130. The maximum atomic E-state index is 13.1. The number of anilines is 3. The Hall–Kier alpha value is -3.03. The van der Waals surface area contributed by atoms with Crippen molar-refractivity contribution in [2.24, 2.45) is 0 Å². The minimum Gasteiger partial charge on any atom is -0.369 e. The number of halogens is 1. The number of rotatable bonds is 5. The summed E-state index contributed by atoms with van der Waals surface area (Å²) in [5.74, 6) is 1.53. The fourth-order valence-corrected chi connectivity index (χ4v) is 4.76. The summed E-state index contributed by atoms with van der Waals surface area (Å²) >= 11 is 8.46. The second-order valence-electron chi connectivity index (χ2n) is 7.41. The number of nitrogens with one attached hydrogen (secondary N) is 2. The molecule has 0 unspecified atom stereocenters. The molecule has 2 N–H and O–H groups in total. The summed E-state index contributed by atoms with van der Waals surface area (Å²) in [6.45, 7) is 3.77. The van der Waals surface area contributed by atoms with E-state index in [2.05, 4.69) is 20.5 Å². The second-order valence-corrected chi connectivity index (χ2v) is 9.04. The van der Waals surface area contributed by atoms with Gasteiger partial charge < -0.3 is 15.5 Å². The fraction of sp³-hybridized carbons (Fsp3) is 0.208. The zero-order valence-electron chi connectivity index (χ0n) is 17.6. The number of amides is 2. The third kappa shape index (κ3) is 5.06. The number of pyridine rings is 1. The van der Waals surface area contributed by atoms with Crippen LogP contribution in [0.1, 0.15) is 26.3 Å². The van der Waals surface area contributed by atoms with E-state index in [0.29, 0.717) is 27.5 Å². The van der Waals surface area contributed by atoms with Gasteiger partial charge in [-0.3, -0.25) is 14.6 Å². The quantitative estimate of drug-likeness (QED) is 0.547. The number of nitrogens with zero attached hydrogens (tertiary/aromatic N) is 2. The van der Waals surface area contributed by atoms with Crippen molar-refractivity contribution in [1.29, 1.82) is 0 Å². The van der Waals surface area contributed by atoms with Gasteiger partial charge in [0.05, 0.1) is 22.0 Å². The van der Waals surface area contributed by atoms with Crippen molar-refractivity contribution < 1.29 is 9.59 Å². The van der Waals surface area contributed by atoms with Gasteiger partial charge in [0, 0.05) is 48.2 Å². The van der Waals surface area contributed by atoms with Crippen molar-refractivity contribution in [2.75, 3.05) is 40.1 Å². The molecular weight excluding hydrogens is 444 g/mol. The Morgan fingerprint density at radius 2 is 1.75 bits per heavy atom. The van der Waals surface area contributed by atoms with Crippen LogP contribution in [0, 0.1) is 6.92 Å². The predicted octanol–water partition coefficient (Wildman–Crippen LogP) is 5.10. The normalized spacial score (nSPS) is 13.5. The first-order valence-corrected chi connectivity index (χ1v) is 11.8. The molecule has 8 heteroatoms. The number of thioether (sulfide) groups is 1. The molecule has 4 rings (SSSR count). The first kappa shape index (κ1) is 22.2. The number of aromatic nitrogens is 1. The third-order valence-electron chi connectivity index (χ3n) is 5.26. The summed E-state index contributed by atoms with van der Waals surface area (Å²) in [7, 11) is 0. The van der Waals surface area contributed by atoms with Crippen LogP contribution < -0.4 is 15.5 Å². The molecular formula is C24H23ClN4O2S. The fourth-order valence-electron chi connectivity index (χ4n) is 3.56. The smallest absolute Gasteiger partial charge is 0.257 e. The topological polar surface area (TPSA) is 74.3 Å². The van der Waals surface area contributed by atoms with E-state index in [1.54, 1.807) is 42.7 Å². The highest BCUT2D eigenvalue weighted by atomic mass is 35.5. The highest BCUT2D eigenvalue weighted by Crippen LogP contribution is 2.31. The number of para-hydroxylation sites is 1. The molecule has 1 aliphatic heterocycles. The molecule has 2 heterocycles. The molecule has 32 heavy (non-hydrogen) atoms. The molecule has 6 nitrogen and oxygen atoms in total. The van der Waals surface area contributed by atoms with Crippen LogP contribution in [0.25, 0.3) is 0 Å². The van der Waals surface area contributed by atoms with Crippen LogP contribution in [-0.4, -0.2) is 41.4 Å². The van der Waals surface area contributed by atoms with E-state index in [-0.39, 0.29) is 11.8 Å². The lowest BCUT2D eigenvalue weighted by Gasteiger charge is -2.29. The van der Waals surface area contributed by atoms with Gasteiger partial charge in [-0.1, -0.05) is 23.7 Å². The number of aryl methyl sites for hydroxylation is 1. The summed E-state index contributed by atoms with van der Waals surface area (Å²) < 4.78 is 0. The van der Waals surface area contributed by atoms with E-state index >= 15 is 0 Å². The molecule has 0 atom stereocenters. The Balaban J connectivity index is 1.53. The lowest BCUT2D eigenvalue weighted by Crippen LogP contribution is -2.32. The third-order valence-corrected chi connectivity index (χ3v) is 6.50. The summed E-state index contributed by atoms with van der Waals surface area (Å²) in [4.78, 5) is 31.9. The highest BCUT2D eigenvalue weighted by molar-refractivity contribution is 7.99. The zero-order valence-corrected chi connectivity index (χ0v) is 19.2. The molecule has 3 aromatic rings. The molecule has 2 aromatic carbocycles. The summed E-state index contributed by atoms with van der Waals surface area (Å²) in [6, 6.07) is 14.1. The Morgan fingerprint density at radius 1 is 1.00 bits per heavy atom. The standard InChI is InChI=1S/C24H23ClN4O2S/c1-16-3-2-4-19(22(16)28-23(30)17-7-9-26-10-8-17)24(31)27-18-5-6-21(20(25)15-18)29-11-13-32-14-12-29/h2-10,15H,11-14H2,1H3,(H,27,31)(H,28,30). The van der Waals surface area contributed by atoms with Gasteiger partial charge >= 0.3 is 0 Å². The SMILES string of the molecule is Cc1cccc(C(=O)Nc2ccc(N3CCSCC3)c(Cl)c2)c1NC(=O)c1ccncc1. The van der Waals surface area contributed by atoms with E-state index in [4.69, 9.17) is 11.6 Å². The molecule has 1 saturated heterocycles. The van der Waals surface area contributed by atoms with Crippen LogP contribution in [0.3, 0.4) is 0 Å². The maximum absolute atomic E-state index is 13.1. The molecule has 0 bridgehead atoms. The van der Waals surface area contributed by atoms with Crippen LogP contribution in [0.15, 0.2) is 60.9 Å². The first-order valence-electron chi connectivity index (χ1n) is 10.3. The molecule has 0 saturated carbocycles. The number of hydrogen-bond donors (Lipinski definition) is 2. The monoisotopic (exact) mass is 466 g/mol. The van der Waals surface area contributed by atoms with Crippen molar-refractivity contribution >= 4 is 52.2 Å². The number of hydrogen-bond acceptors (Lipinski definition) is 5. The average Bonchev–Trinajstić information content (AvgIpc) is 2.81. The molecule has 2 amide bonds. The van der Waals surface area contributed by atoms with Crippen LogP contribution in [-0.2, 0) is 0 Å². The Morgan fingerprint density at radius 3 is 2.47 bits per heavy atom. The van der Waals surface area contributed by atoms with Gasteiger partial charge in [-0.2, -0.15) is 11.8 Å². The molecule has 1 aromatic heterocycles. The lowest BCUT2D eigenvalue weighted by atomic mass is 10.1. The number of carbonyl (C=O) groups is 2. The molecule has 0 aliphatic carbocycles. The molecule has 0 radical (unpaired) electrons. The summed E-state index contributed by atoms with van der Waals surface area (Å²) in [6.07, 6.45) is 3.10. The van der Waals surface area contributed by atoms with Gasteiger partial charge in [-0.25, -0.2) is 0 Å². The summed E-state index contributed by atoms with van der Waals surface area (Å²) in [5.41, 5.74) is 3.68. The van der Waals surface area contributed by atoms with Crippen LogP contribution >= 0.6 is 23.4 Å². The van der Waals surface area contributed by atoms with E-state index in [9.17, 15) is 9.59 Å². The molecule has 0 spiro atoms. The van der Waals surface area contributed by atoms with Gasteiger partial charge in [0.25, 0.3) is 11.8 Å². The predicted molar refractivity (Wildman–Crippen MR) is 132 cm³/mol. The van der Waals surface area contributed by atoms with Crippen molar-refractivity contribution in [1.82, 2.24) is 4.98 Å². The van der Waals surface area contributed by atoms with Gasteiger partial charge in [-0.05, 0) is 48.9 Å². The van der Waals surface area contributed by atoms with E-state index in [0.717, 1.165) is 35.8 Å². The van der Waals surface area contributed by atoms with Crippen LogP contribution in [0.5, 0.6) is 0 Å². The Kier molecular flexibility index (Phi) is 6.97. The van der Waals surface area contributed by atoms with Crippen LogP contribution in [0.2, 0.25) is 5.02 Å². The highest BCUT2D eigenvalue weighted by Gasteiger charge is 2.18. The van der Waals surface area contributed by atoms with Gasteiger partial charge in [-0.15, -0.1) is 0 Å². The van der Waals surface area contributed by atoms with Gasteiger partial charge in [0.15, 0.2) is 0 Å². The average molecular weight is 467 g/mol. The number of benzene rings is 2. The minimum atomic E-state index is -0.322. The first-order chi connectivity index (χ1) is 15.5. The number of carbonyl (C=O) groups excluding carboxylic acids is 2. The van der Waals surface area contributed by atoms with Crippen molar-refractivity contribution in [3.63, 3.8) is 0 Å². The van der Waals surface area contributed by atoms with E-state index in [1.165, 1.54) is 0 Å². The second kappa shape index (κ2) is 10.1. The van der Waals surface area contributed by atoms with Crippen molar-refractivity contribution in [2.45, 2.75) is 6.92 Å². The van der Waals surface area contributed by atoms with E-state index in [1.807, 2.05) is 36.9 Å². The largest absolute Gasteiger partial charge is 0.369 e. The van der Waals surface area contributed by atoms with Crippen LogP contribution in [0.4, 0.5) is 17.1 Å². The van der Waals surface area contributed by atoms with Crippen molar-refractivity contribution in [3.8, 4) is 0 Å². The van der Waals surface area contributed by atoms with Gasteiger partial charge in [0.1, 0.15) is 0 Å². The van der Waals surface area contributed by atoms with Crippen molar-refractivity contribution in [3.05, 3.63) is 82.6 Å².